The number of aromatic carboxylic acids is 1. The van der Waals surface area contributed by atoms with Gasteiger partial charge in [0.05, 0.1) is 5.52 Å². The molecule has 2 aromatic rings. The van der Waals surface area contributed by atoms with Crippen molar-refractivity contribution in [3.8, 4) is 0 Å². The molecule has 0 aliphatic rings. The second kappa shape index (κ2) is 3.63. The Morgan fingerprint density at radius 2 is 2.12 bits per heavy atom. The quantitative estimate of drug-likeness (QED) is 0.842. The van der Waals surface area contributed by atoms with Gasteiger partial charge in [0.15, 0.2) is 5.69 Å². The predicted molar refractivity (Wildman–Crippen MR) is 61.8 cm³/mol. The molecule has 0 saturated heterocycles. The lowest BCUT2D eigenvalue weighted by Gasteiger charge is -2.05. The fourth-order valence-electron chi connectivity index (χ4n) is 1.79. The number of aryl methyl sites for hydroxylation is 1. The zero-order valence-electron chi connectivity index (χ0n) is 9.56. The van der Waals surface area contributed by atoms with Crippen LogP contribution >= 0.6 is 0 Å². The van der Waals surface area contributed by atoms with Gasteiger partial charge in [0.1, 0.15) is 0 Å². The standard InChI is InChI=1S/C12H14N2O2/c1-7(2)8-4-5-9-10(6-8)14(3)13-11(9)12(15)16/h4-7H,1-3H3,(H,15,16). The van der Waals surface area contributed by atoms with Crippen LogP contribution in [0.25, 0.3) is 10.9 Å². The smallest absolute Gasteiger partial charge is 0.357 e. The number of hydrogen-bond acceptors (Lipinski definition) is 2. The number of aromatic nitrogens is 2. The van der Waals surface area contributed by atoms with Gasteiger partial charge in [0.25, 0.3) is 0 Å². The summed E-state index contributed by atoms with van der Waals surface area (Å²) in [7, 11) is 1.76. The molecule has 0 saturated carbocycles. The van der Waals surface area contributed by atoms with E-state index in [4.69, 9.17) is 5.11 Å². The summed E-state index contributed by atoms with van der Waals surface area (Å²) in [5.41, 5.74) is 2.17. The van der Waals surface area contributed by atoms with Crippen LogP contribution in [0.2, 0.25) is 0 Å². The Kier molecular flexibility index (Phi) is 2.42. The summed E-state index contributed by atoms with van der Waals surface area (Å²) in [4.78, 5) is 11.0. The van der Waals surface area contributed by atoms with E-state index in [1.165, 1.54) is 5.56 Å². The highest BCUT2D eigenvalue weighted by molar-refractivity contribution is 6.01. The highest BCUT2D eigenvalue weighted by Crippen LogP contribution is 2.23. The van der Waals surface area contributed by atoms with Crippen molar-refractivity contribution < 1.29 is 9.90 Å². The summed E-state index contributed by atoms with van der Waals surface area (Å²) >= 11 is 0. The molecule has 1 heterocycles. The number of rotatable bonds is 2. The Balaban J connectivity index is 2.71. The maximum Gasteiger partial charge on any atom is 0.357 e. The van der Waals surface area contributed by atoms with Crippen molar-refractivity contribution in [1.82, 2.24) is 9.78 Å². The van der Waals surface area contributed by atoms with Crippen molar-refractivity contribution in [2.24, 2.45) is 7.05 Å². The van der Waals surface area contributed by atoms with Crippen LogP contribution in [-0.2, 0) is 7.05 Å². The molecule has 0 atom stereocenters. The number of fused-ring (bicyclic) bond motifs is 1. The highest BCUT2D eigenvalue weighted by Gasteiger charge is 2.15. The summed E-state index contributed by atoms with van der Waals surface area (Å²) in [6.07, 6.45) is 0. The Morgan fingerprint density at radius 1 is 1.44 bits per heavy atom. The maximum atomic E-state index is 11.0. The first-order chi connectivity index (χ1) is 7.50. The van der Waals surface area contributed by atoms with Crippen molar-refractivity contribution in [3.63, 3.8) is 0 Å². The Labute approximate surface area is 93.5 Å². The average molecular weight is 218 g/mol. The minimum atomic E-state index is -0.983. The summed E-state index contributed by atoms with van der Waals surface area (Å²) in [5, 5.41) is 13.7. The Morgan fingerprint density at radius 3 is 2.69 bits per heavy atom. The van der Waals surface area contributed by atoms with E-state index in [1.54, 1.807) is 11.7 Å². The van der Waals surface area contributed by atoms with Gasteiger partial charge in [-0.1, -0.05) is 26.0 Å². The Hall–Kier alpha value is -1.84. The molecule has 2 rings (SSSR count). The number of carboxylic acid groups (broad SMARTS) is 1. The molecule has 1 aromatic carbocycles. The normalized spacial score (nSPS) is 11.2. The monoisotopic (exact) mass is 218 g/mol. The van der Waals surface area contributed by atoms with Gasteiger partial charge < -0.3 is 5.11 Å². The molecule has 0 spiro atoms. The van der Waals surface area contributed by atoms with Crippen LogP contribution in [0.3, 0.4) is 0 Å². The average Bonchev–Trinajstić information content (AvgIpc) is 2.56. The van der Waals surface area contributed by atoms with E-state index in [2.05, 4.69) is 18.9 Å². The second-order valence-corrected chi connectivity index (χ2v) is 4.21. The van der Waals surface area contributed by atoms with Crippen molar-refractivity contribution in [2.75, 3.05) is 0 Å². The van der Waals surface area contributed by atoms with Gasteiger partial charge in [0.2, 0.25) is 0 Å². The van der Waals surface area contributed by atoms with Crippen LogP contribution in [0.15, 0.2) is 18.2 Å². The van der Waals surface area contributed by atoms with Crippen LogP contribution in [0.1, 0.15) is 35.8 Å². The van der Waals surface area contributed by atoms with Crippen molar-refractivity contribution >= 4 is 16.9 Å². The van der Waals surface area contributed by atoms with E-state index in [1.807, 2.05) is 18.2 Å². The number of benzene rings is 1. The molecule has 1 N–H and O–H groups in total. The van der Waals surface area contributed by atoms with Gasteiger partial charge in [0, 0.05) is 12.4 Å². The highest BCUT2D eigenvalue weighted by atomic mass is 16.4. The first-order valence-electron chi connectivity index (χ1n) is 5.20. The molecule has 1 aromatic heterocycles. The fourth-order valence-corrected chi connectivity index (χ4v) is 1.79. The van der Waals surface area contributed by atoms with Crippen LogP contribution < -0.4 is 0 Å². The Bertz CT molecular complexity index is 555. The van der Waals surface area contributed by atoms with E-state index in [9.17, 15) is 4.79 Å². The maximum absolute atomic E-state index is 11.0. The summed E-state index contributed by atoms with van der Waals surface area (Å²) in [6.45, 7) is 4.21. The third kappa shape index (κ3) is 1.56. The van der Waals surface area contributed by atoms with Gasteiger partial charge in [-0.15, -0.1) is 0 Å². The number of nitrogens with zero attached hydrogens (tertiary/aromatic N) is 2. The third-order valence-corrected chi connectivity index (χ3v) is 2.74. The zero-order chi connectivity index (χ0) is 11.9. The minimum Gasteiger partial charge on any atom is -0.476 e. The molecule has 16 heavy (non-hydrogen) atoms. The summed E-state index contributed by atoms with van der Waals surface area (Å²) < 4.78 is 1.62. The zero-order valence-corrected chi connectivity index (χ0v) is 9.56. The summed E-state index contributed by atoms with van der Waals surface area (Å²) in [6, 6.07) is 5.79. The van der Waals surface area contributed by atoms with Crippen LogP contribution in [0.5, 0.6) is 0 Å². The molecule has 0 unspecified atom stereocenters. The van der Waals surface area contributed by atoms with E-state index in [0.29, 0.717) is 11.3 Å². The molecular weight excluding hydrogens is 204 g/mol. The molecule has 4 heteroatoms. The first kappa shape index (κ1) is 10.7. The largest absolute Gasteiger partial charge is 0.476 e. The molecule has 0 aliphatic carbocycles. The fraction of sp³-hybridized carbons (Fsp3) is 0.333. The molecule has 0 bridgehead atoms. The van der Waals surface area contributed by atoms with Crippen LogP contribution in [-0.4, -0.2) is 20.9 Å². The predicted octanol–water partition coefficient (Wildman–Crippen LogP) is 2.39. The molecule has 0 fully saturated rings. The summed E-state index contributed by atoms with van der Waals surface area (Å²) in [5.74, 6) is -0.560. The van der Waals surface area contributed by atoms with Crippen molar-refractivity contribution in [3.05, 3.63) is 29.5 Å². The van der Waals surface area contributed by atoms with Crippen molar-refractivity contribution in [2.45, 2.75) is 19.8 Å². The topological polar surface area (TPSA) is 55.1 Å². The van der Waals surface area contributed by atoms with E-state index in [0.717, 1.165) is 5.52 Å². The van der Waals surface area contributed by atoms with Crippen LogP contribution in [0, 0.1) is 0 Å². The molecule has 84 valence electrons. The van der Waals surface area contributed by atoms with E-state index in [-0.39, 0.29) is 5.69 Å². The van der Waals surface area contributed by atoms with Gasteiger partial charge in [-0.3, -0.25) is 4.68 Å². The van der Waals surface area contributed by atoms with E-state index < -0.39 is 5.97 Å². The lowest BCUT2D eigenvalue weighted by atomic mass is 10.0. The second-order valence-electron chi connectivity index (χ2n) is 4.21. The van der Waals surface area contributed by atoms with Gasteiger partial charge in [-0.2, -0.15) is 5.10 Å². The molecule has 4 nitrogen and oxygen atoms in total. The van der Waals surface area contributed by atoms with Crippen LogP contribution in [0.4, 0.5) is 0 Å². The third-order valence-electron chi connectivity index (χ3n) is 2.74. The first-order valence-corrected chi connectivity index (χ1v) is 5.20. The number of hydrogen-bond donors (Lipinski definition) is 1. The number of carboxylic acids is 1. The molecule has 0 radical (unpaired) electrons. The van der Waals surface area contributed by atoms with Gasteiger partial charge >= 0.3 is 5.97 Å². The lowest BCUT2D eigenvalue weighted by Crippen LogP contribution is -1.99. The lowest BCUT2D eigenvalue weighted by molar-refractivity contribution is 0.0691. The minimum absolute atomic E-state index is 0.118. The SMILES string of the molecule is CC(C)c1ccc2c(C(=O)O)nn(C)c2c1. The molecule has 0 aliphatic heterocycles. The van der Waals surface area contributed by atoms with Crippen molar-refractivity contribution in [1.29, 1.82) is 0 Å². The van der Waals surface area contributed by atoms with Gasteiger partial charge in [-0.05, 0) is 17.5 Å². The molecular formula is C12H14N2O2. The number of carbonyl (C=O) groups is 1. The molecule has 0 amide bonds. The van der Waals surface area contributed by atoms with E-state index >= 15 is 0 Å². The van der Waals surface area contributed by atoms with Gasteiger partial charge in [-0.25, -0.2) is 4.79 Å².